The summed E-state index contributed by atoms with van der Waals surface area (Å²) in [5.41, 5.74) is 1.16. The number of nitrogens with zero attached hydrogens (tertiary/aromatic N) is 2. The number of hydrogen-bond donors (Lipinski definition) is 2. The molecule has 0 aliphatic carbocycles. The van der Waals surface area contributed by atoms with Crippen molar-refractivity contribution < 1.29 is 27.1 Å². The second kappa shape index (κ2) is 6.82. The Kier molecular flexibility index (Phi) is 5.66. The van der Waals surface area contributed by atoms with Crippen molar-refractivity contribution in [1.29, 1.82) is 0 Å². The van der Waals surface area contributed by atoms with Crippen molar-refractivity contribution in [2.45, 2.75) is 19.8 Å². The SMILES string of the molecule is CC[C@@H]1C(=O)OC[C@@H]1Cc1cncn1C.O=S(=O)(O)O. The molecule has 1 aliphatic heterocycles. The number of carbonyl (C=O) groups excluding carboxylic acids is 1. The van der Waals surface area contributed by atoms with Crippen LogP contribution < -0.4 is 0 Å². The van der Waals surface area contributed by atoms with Crippen molar-refractivity contribution in [2.75, 3.05) is 6.61 Å². The molecular weight excluding hydrogens is 288 g/mol. The first-order chi connectivity index (χ1) is 9.22. The average Bonchev–Trinajstić information content (AvgIpc) is 2.85. The average molecular weight is 306 g/mol. The maximum atomic E-state index is 11.4. The second-order valence-electron chi connectivity index (χ2n) is 4.55. The van der Waals surface area contributed by atoms with Gasteiger partial charge in [0.25, 0.3) is 0 Å². The monoisotopic (exact) mass is 306 g/mol. The normalized spacial score (nSPS) is 22.1. The minimum absolute atomic E-state index is 0.0373. The molecule has 8 nitrogen and oxygen atoms in total. The molecule has 2 atom stereocenters. The fourth-order valence-electron chi connectivity index (χ4n) is 2.16. The van der Waals surface area contributed by atoms with E-state index in [0.717, 1.165) is 18.5 Å². The van der Waals surface area contributed by atoms with Gasteiger partial charge in [0.05, 0.1) is 18.9 Å². The number of hydrogen-bond acceptors (Lipinski definition) is 5. The molecule has 9 heteroatoms. The van der Waals surface area contributed by atoms with Crippen LogP contribution in [0.2, 0.25) is 0 Å². The molecule has 1 aromatic rings. The first kappa shape index (κ1) is 16.6. The van der Waals surface area contributed by atoms with Gasteiger partial charge in [-0.15, -0.1) is 0 Å². The predicted octanol–water partition coefficient (Wildman–Crippen LogP) is 0.509. The number of carbonyl (C=O) groups is 1. The number of esters is 1. The Labute approximate surface area is 117 Å². The quantitative estimate of drug-likeness (QED) is 0.616. The van der Waals surface area contributed by atoms with E-state index >= 15 is 0 Å². The standard InChI is InChI=1S/C11H16N2O2.H2O4S/c1-3-10-8(6-15-11(10)14)4-9-5-12-7-13(9)2;1-5(2,3)4/h5,7-8,10H,3-4,6H2,1-2H3;(H2,1,2,3,4)/t8-,10-;/m0./s1. The van der Waals surface area contributed by atoms with Crippen molar-refractivity contribution in [3.8, 4) is 0 Å². The van der Waals surface area contributed by atoms with E-state index in [-0.39, 0.29) is 11.9 Å². The maximum absolute atomic E-state index is 11.4. The molecule has 2 rings (SSSR count). The van der Waals surface area contributed by atoms with Crippen LogP contribution in [-0.2, 0) is 33.4 Å². The van der Waals surface area contributed by atoms with E-state index in [0.29, 0.717) is 12.5 Å². The predicted molar refractivity (Wildman–Crippen MR) is 69.3 cm³/mol. The van der Waals surface area contributed by atoms with Crippen molar-refractivity contribution >= 4 is 16.4 Å². The summed E-state index contributed by atoms with van der Waals surface area (Å²) in [6.07, 6.45) is 5.38. The lowest BCUT2D eigenvalue weighted by molar-refractivity contribution is -0.141. The molecule has 114 valence electrons. The minimum Gasteiger partial charge on any atom is -0.465 e. The third-order valence-corrected chi connectivity index (χ3v) is 3.14. The fraction of sp³-hybridized carbons (Fsp3) is 0.636. The van der Waals surface area contributed by atoms with Gasteiger partial charge < -0.3 is 9.30 Å². The molecule has 2 N–H and O–H groups in total. The summed E-state index contributed by atoms with van der Waals surface area (Å²) in [5.74, 6) is 0.350. The number of aromatic nitrogens is 2. The van der Waals surface area contributed by atoms with Gasteiger partial charge in [0.2, 0.25) is 0 Å². The molecule has 0 amide bonds. The van der Waals surface area contributed by atoms with Crippen LogP contribution in [0.3, 0.4) is 0 Å². The lowest BCUT2D eigenvalue weighted by Crippen LogP contribution is -2.18. The Morgan fingerprint density at radius 1 is 1.50 bits per heavy atom. The van der Waals surface area contributed by atoms with E-state index < -0.39 is 10.4 Å². The van der Waals surface area contributed by atoms with Gasteiger partial charge in [0, 0.05) is 24.9 Å². The van der Waals surface area contributed by atoms with Crippen LogP contribution in [0, 0.1) is 11.8 Å². The van der Waals surface area contributed by atoms with Gasteiger partial charge in [0.1, 0.15) is 0 Å². The summed E-state index contributed by atoms with van der Waals surface area (Å²) in [4.78, 5) is 15.5. The van der Waals surface area contributed by atoms with Gasteiger partial charge in [-0.25, -0.2) is 4.98 Å². The largest absolute Gasteiger partial charge is 0.465 e. The first-order valence-electron chi connectivity index (χ1n) is 6.04. The zero-order chi connectivity index (χ0) is 15.3. The second-order valence-corrected chi connectivity index (χ2v) is 5.45. The number of rotatable bonds is 3. The van der Waals surface area contributed by atoms with Crippen LogP contribution >= 0.6 is 0 Å². The number of aryl methyl sites for hydroxylation is 1. The molecule has 20 heavy (non-hydrogen) atoms. The van der Waals surface area contributed by atoms with Crippen molar-refractivity contribution in [3.05, 3.63) is 18.2 Å². The zero-order valence-corrected chi connectivity index (χ0v) is 12.1. The highest BCUT2D eigenvalue weighted by molar-refractivity contribution is 7.79. The molecule has 0 bridgehead atoms. The minimum atomic E-state index is -4.67. The summed E-state index contributed by atoms with van der Waals surface area (Å²) >= 11 is 0. The van der Waals surface area contributed by atoms with E-state index in [2.05, 4.69) is 4.98 Å². The molecule has 1 aromatic heterocycles. The summed E-state index contributed by atoms with van der Waals surface area (Å²) in [5, 5.41) is 0. The van der Waals surface area contributed by atoms with E-state index in [1.54, 1.807) is 6.33 Å². The van der Waals surface area contributed by atoms with Gasteiger partial charge in [-0.3, -0.25) is 13.9 Å². The van der Waals surface area contributed by atoms with Crippen LogP contribution in [0.1, 0.15) is 19.0 Å². The Morgan fingerprint density at radius 3 is 2.55 bits per heavy atom. The molecule has 0 spiro atoms. The summed E-state index contributed by atoms with van der Waals surface area (Å²) in [7, 11) is -2.69. The van der Waals surface area contributed by atoms with Gasteiger partial charge >= 0.3 is 16.4 Å². The van der Waals surface area contributed by atoms with Crippen LogP contribution in [0.4, 0.5) is 0 Å². The van der Waals surface area contributed by atoms with Crippen molar-refractivity contribution in [2.24, 2.45) is 18.9 Å². The van der Waals surface area contributed by atoms with E-state index in [4.69, 9.17) is 22.3 Å². The molecule has 0 saturated carbocycles. The van der Waals surface area contributed by atoms with Crippen LogP contribution in [0.5, 0.6) is 0 Å². The molecule has 0 unspecified atom stereocenters. The topological polar surface area (TPSA) is 119 Å². The van der Waals surface area contributed by atoms with E-state index in [9.17, 15) is 4.79 Å². The third-order valence-electron chi connectivity index (χ3n) is 3.14. The van der Waals surface area contributed by atoms with Gasteiger partial charge in [-0.2, -0.15) is 8.42 Å². The Hall–Kier alpha value is -1.45. The molecule has 1 aliphatic rings. The van der Waals surface area contributed by atoms with Gasteiger partial charge in [-0.1, -0.05) is 6.92 Å². The van der Waals surface area contributed by atoms with Crippen LogP contribution in [0.15, 0.2) is 12.5 Å². The molecule has 2 heterocycles. The zero-order valence-electron chi connectivity index (χ0n) is 11.3. The van der Waals surface area contributed by atoms with Gasteiger partial charge in [0.15, 0.2) is 0 Å². The molecular formula is C11H18N2O6S. The Morgan fingerprint density at radius 2 is 2.10 bits per heavy atom. The molecule has 1 saturated heterocycles. The van der Waals surface area contributed by atoms with Crippen LogP contribution in [-0.4, -0.2) is 39.7 Å². The Bertz CT molecular complexity index is 545. The first-order valence-corrected chi connectivity index (χ1v) is 7.43. The van der Waals surface area contributed by atoms with E-state index in [1.807, 2.05) is 24.7 Å². The van der Waals surface area contributed by atoms with Crippen molar-refractivity contribution in [3.63, 3.8) is 0 Å². The smallest absolute Gasteiger partial charge is 0.394 e. The number of ether oxygens (including phenoxy) is 1. The summed E-state index contributed by atoms with van der Waals surface area (Å²) in [6, 6.07) is 0. The Balaban J connectivity index is 0.000000347. The lowest BCUT2D eigenvalue weighted by Gasteiger charge is -2.12. The van der Waals surface area contributed by atoms with Crippen molar-refractivity contribution in [1.82, 2.24) is 9.55 Å². The molecule has 0 aromatic carbocycles. The van der Waals surface area contributed by atoms with Crippen LogP contribution in [0.25, 0.3) is 0 Å². The highest BCUT2D eigenvalue weighted by Crippen LogP contribution is 2.27. The molecule has 0 radical (unpaired) electrons. The van der Waals surface area contributed by atoms with Gasteiger partial charge in [-0.05, 0) is 12.8 Å². The highest BCUT2D eigenvalue weighted by Gasteiger charge is 2.35. The summed E-state index contributed by atoms with van der Waals surface area (Å²) in [6.45, 7) is 2.59. The summed E-state index contributed by atoms with van der Waals surface area (Å²) < 4.78 is 38.7. The molecule has 1 fully saturated rings. The highest BCUT2D eigenvalue weighted by atomic mass is 32.3. The number of cyclic esters (lactones) is 1. The van der Waals surface area contributed by atoms with E-state index in [1.165, 1.54) is 0 Å². The lowest BCUT2D eigenvalue weighted by atomic mass is 9.89. The number of imidazole rings is 1. The third kappa shape index (κ3) is 5.27. The fourth-order valence-corrected chi connectivity index (χ4v) is 2.16. The maximum Gasteiger partial charge on any atom is 0.394 e.